The van der Waals surface area contributed by atoms with Gasteiger partial charge in [0, 0.05) is 30.6 Å². The van der Waals surface area contributed by atoms with Gasteiger partial charge in [-0.25, -0.2) is 8.78 Å². The van der Waals surface area contributed by atoms with Crippen LogP contribution in [0.2, 0.25) is 0 Å². The minimum Gasteiger partial charge on any atom is -0.507 e. The fourth-order valence-corrected chi connectivity index (χ4v) is 4.20. The molecule has 172 valence electrons. The number of rotatable bonds is 3. The van der Waals surface area contributed by atoms with Crippen LogP contribution >= 0.6 is 0 Å². The summed E-state index contributed by atoms with van der Waals surface area (Å²) in [6.07, 6.45) is 1.48. The molecule has 1 amide bonds. The van der Waals surface area contributed by atoms with Gasteiger partial charge < -0.3 is 14.7 Å². The molecule has 0 bridgehead atoms. The number of carbonyl (C=O) groups excluding carboxylic acids is 2. The average Bonchev–Trinajstić information content (AvgIpc) is 3.11. The quantitative estimate of drug-likeness (QED) is 0.361. The molecule has 5 rings (SSSR count). The van der Waals surface area contributed by atoms with Gasteiger partial charge in [0.2, 0.25) is 0 Å². The molecule has 1 aromatic heterocycles. The van der Waals surface area contributed by atoms with Gasteiger partial charge in [0.25, 0.3) is 11.7 Å². The molecule has 9 heteroatoms. The van der Waals surface area contributed by atoms with Crippen molar-refractivity contribution in [2.75, 3.05) is 30.0 Å². The standard InChI is InChI=1S/C25H19F2N3O4/c1-29-10-11-34-20-8-5-14(12-19(20)29)23(31)21-22(18-4-2-3-9-28-18)30(25(33)24(21)32)15-6-7-16(26)17(27)13-15/h2-9,12-13,22,31H,10-11H2,1H3/b23-21-. The van der Waals surface area contributed by atoms with Crippen LogP contribution in [0.5, 0.6) is 5.75 Å². The number of halogens is 2. The van der Waals surface area contributed by atoms with E-state index in [2.05, 4.69) is 4.98 Å². The van der Waals surface area contributed by atoms with E-state index in [1.807, 2.05) is 11.9 Å². The Morgan fingerprint density at radius 2 is 1.91 bits per heavy atom. The Morgan fingerprint density at radius 1 is 1.09 bits per heavy atom. The number of nitrogens with zero attached hydrogens (tertiary/aromatic N) is 3. The first kappa shape index (κ1) is 21.6. The van der Waals surface area contributed by atoms with E-state index in [9.17, 15) is 23.5 Å². The van der Waals surface area contributed by atoms with Crippen molar-refractivity contribution in [2.45, 2.75) is 6.04 Å². The van der Waals surface area contributed by atoms with Crippen molar-refractivity contribution in [3.63, 3.8) is 0 Å². The predicted octanol–water partition coefficient (Wildman–Crippen LogP) is 3.81. The van der Waals surface area contributed by atoms with E-state index in [1.165, 1.54) is 12.3 Å². The first-order valence-corrected chi connectivity index (χ1v) is 10.5. The number of Topliss-reactive ketones (excluding diaryl/α,β-unsaturated/α-hetero) is 1. The number of ether oxygens (including phenoxy) is 1. The van der Waals surface area contributed by atoms with Crippen LogP contribution in [0.15, 0.2) is 66.4 Å². The van der Waals surface area contributed by atoms with Crippen LogP contribution < -0.4 is 14.5 Å². The maximum Gasteiger partial charge on any atom is 0.300 e. The topological polar surface area (TPSA) is 83.0 Å². The highest BCUT2D eigenvalue weighted by Crippen LogP contribution is 2.42. The molecule has 2 aliphatic rings. The number of hydrogen-bond donors (Lipinski definition) is 1. The van der Waals surface area contributed by atoms with Gasteiger partial charge in [-0.3, -0.25) is 19.5 Å². The second kappa shape index (κ2) is 8.26. The van der Waals surface area contributed by atoms with Gasteiger partial charge in [0.15, 0.2) is 11.6 Å². The van der Waals surface area contributed by atoms with Crippen LogP contribution in [0.1, 0.15) is 17.3 Å². The lowest BCUT2D eigenvalue weighted by molar-refractivity contribution is -0.132. The van der Waals surface area contributed by atoms with Crippen molar-refractivity contribution in [1.29, 1.82) is 0 Å². The molecule has 1 fully saturated rings. The molecular formula is C25H19F2N3O4. The molecule has 7 nitrogen and oxygen atoms in total. The fraction of sp³-hybridized carbons (Fsp3) is 0.160. The van der Waals surface area contributed by atoms with Gasteiger partial charge in [-0.1, -0.05) is 6.07 Å². The zero-order valence-electron chi connectivity index (χ0n) is 18.0. The Bertz CT molecular complexity index is 1340. The zero-order chi connectivity index (χ0) is 24.0. The van der Waals surface area contributed by atoms with E-state index >= 15 is 0 Å². The van der Waals surface area contributed by atoms with E-state index in [4.69, 9.17) is 4.74 Å². The number of carbonyl (C=O) groups is 2. The predicted molar refractivity (Wildman–Crippen MR) is 121 cm³/mol. The SMILES string of the molecule is CN1CCOc2ccc(/C(O)=C3/C(=O)C(=O)N(c4ccc(F)c(F)c4)C3c3ccccn3)cc21. The van der Waals surface area contributed by atoms with Crippen LogP contribution in [-0.2, 0) is 9.59 Å². The van der Waals surface area contributed by atoms with Gasteiger partial charge in [0.1, 0.15) is 24.2 Å². The average molecular weight is 463 g/mol. The van der Waals surface area contributed by atoms with Crippen molar-refractivity contribution in [1.82, 2.24) is 4.98 Å². The second-order valence-corrected chi connectivity index (χ2v) is 7.97. The van der Waals surface area contributed by atoms with E-state index < -0.39 is 35.1 Å². The molecular weight excluding hydrogens is 444 g/mol. The Hall–Kier alpha value is -4.27. The third kappa shape index (κ3) is 3.45. The Kier molecular flexibility index (Phi) is 5.24. The van der Waals surface area contributed by atoms with Crippen LogP contribution in [-0.4, -0.2) is 42.0 Å². The van der Waals surface area contributed by atoms with Crippen molar-refractivity contribution in [2.24, 2.45) is 0 Å². The Morgan fingerprint density at radius 3 is 2.65 bits per heavy atom. The third-order valence-corrected chi connectivity index (χ3v) is 5.92. The summed E-state index contributed by atoms with van der Waals surface area (Å²) in [4.78, 5) is 33.5. The summed E-state index contributed by atoms with van der Waals surface area (Å²) in [5.74, 6) is -3.97. The largest absolute Gasteiger partial charge is 0.507 e. The molecule has 3 aromatic rings. The minimum atomic E-state index is -1.17. The number of aliphatic hydroxyl groups excluding tert-OH is 1. The molecule has 2 aromatic carbocycles. The van der Waals surface area contributed by atoms with Crippen molar-refractivity contribution in [3.8, 4) is 5.75 Å². The maximum absolute atomic E-state index is 14.0. The number of fused-ring (bicyclic) bond motifs is 1. The molecule has 1 atom stereocenters. The lowest BCUT2D eigenvalue weighted by atomic mass is 9.97. The summed E-state index contributed by atoms with van der Waals surface area (Å²) < 4.78 is 33.2. The van der Waals surface area contributed by atoms with Gasteiger partial charge in [0.05, 0.1) is 23.5 Å². The van der Waals surface area contributed by atoms with Crippen molar-refractivity contribution in [3.05, 3.63) is 89.3 Å². The van der Waals surface area contributed by atoms with Crippen molar-refractivity contribution >= 4 is 28.8 Å². The van der Waals surface area contributed by atoms with E-state index in [0.29, 0.717) is 24.5 Å². The summed E-state index contributed by atoms with van der Waals surface area (Å²) in [5, 5.41) is 11.3. The fourth-order valence-electron chi connectivity index (χ4n) is 4.20. The lowest BCUT2D eigenvalue weighted by Crippen LogP contribution is -2.30. The van der Waals surface area contributed by atoms with Crippen LogP contribution in [0.3, 0.4) is 0 Å². The summed E-state index contributed by atoms with van der Waals surface area (Å²) in [6.45, 7) is 1.17. The van der Waals surface area contributed by atoms with Crippen LogP contribution in [0.4, 0.5) is 20.2 Å². The smallest absolute Gasteiger partial charge is 0.300 e. The molecule has 1 unspecified atom stereocenters. The second-order valence-electron chi connectivity index (χ2n) is 7.97. The van der Waals surface area contributed by atoms with Gasteiger partial charge in [-0.15, -0.1) is 0 Å². The van der Waals surface area contributed by atoms with Crippen LogP contribution in [0.25, 0.3) is 5.76 Å². The molecule has 0 saturated carbocycles. The molecule has 34 heavy (non-hydrogen) atoms. The highest BCUT2D eigenvalue weighted by molar-refractivity contribution is 6.51. The molecule has 1 saturated heterocycles. The Labute approximate surface area is 193 Å². The van der Waals surface area contributed by atoms with Gasteiger partial charge in [-0.05, 0) is 42.5 Å². The first-order valence-electron chi connectivity index (χ1n) is 10.5. The number of ketones is 1. The van der Waals surface area contributed by atoms with Crippen LogP contribution in [0, 0.1) is 11.6 Å². The third-order valence-electron chi connectivity index (χ3n) is 5.92. The molecule has 1 N–H and O–H groups in total. The number of likely N-dealkylation sites (N-methyl/N-ethyl adjacent to an activating group) is 1. The van der Waals surface area contributed by atoms with E-state index in [-0.39, 0.29) is 17.0 Å². The minimum absolute atomic E-state index is 0.0331. The zero-order valence-corrected chi connectivity index (χ0v) is 18.0. The molecule has 0 spiro atoms. The first-order chi connectivity index (χ1) is 16.4. The summed E-state index contributed by atoms with van der Waals surface area (Å²) in [7, 11) is 1.88. The van der Waals surface area contributed by atoms with Crippen molar-refractivity contribution < 1.29 is 28.2 Å². The molecule has 0 radical (unpaired) electrons. The summed E-state index contributed by atoms with van der Waals surface area (Å²) in [5.41, 5.74) is 1.08. The number of aromatic nitrogens is 1. The normalized spacial score (nSPS) is 19.2. The number of pyridine rings is 1. The van der Waals surface area contributed by atoms with Gasteiger partial charge in [-0.2, -0.15) is 0 Å². The highest BCUT2D eigenvalue weighted by atomic mass is 19.2. The molecule has 0 aliphatic carbocycles. The number of hydrogen-bond acceptors (Lipinski definition) is 6. The number of amides is 1. The Balaban J connectivity index is 1.69. The molecule has 2 aliphatic heterocycles. The highest BCUT2D eigenvalue weighted by Gasteiger charge is 2.47. The van der Waals surface area contributed by atoms with E-state index in [0.717, 1.165) is 22.7 Å². The van der Waals surface area contributed by atoms with E-state index in [1.54, 1.807) is 36.4 Å². The lowest BCUT2D eigenvalue weighted by Gasteiger charge is -2.28. The molecule has 3 heterocycles. The number of anilines is 2. The number of benzene rings is 2. The summed E-state index contributed by atoms with van der Waals surface area (Å²) in [6, 6.07) is 11.6. The summed E-state index contributed by atoms with van der Waals surface area (Å²) >= 11 is 0. The monoisotopic (exact) mass is 463 g/mol. The number of aliphatic hydroxyl groups is 1. The maximum atomic E-state index is 14.0. The van der Waals surface area contributed by atoms with Gasteiger partial charge >= 0.3 is 0 Å².